The Kier molecular flexibility index (Phi) is 4.06. The zero-order valence-corrected chi connectivity index (χ0v) is 12.3. The van der Waals surface area contributed by atoms with Gasteiger partial charge in [-0.15, -0.1) is 0 Å². The number of carboxylic acid groups (broad SMARTS) is 1. The molecule has 0 saturated carbocycles. The minimum absolute atomic E-state index is 0.280. The molecule has 2 rings (SSSR count). The monoisotopic (exact) mass is 293 g/mol. The average molecular weight is 293 g/mol. The number of hydrogen-bond donors (Lipinski definition) is 2. The molecular formula is C15H19NO5. The van der Waals surface area contributed by atoms with Crippen LogP contribution in [0.1, 0.15) is 31.1 Å². The third kappa shape index (κ3) is 3.26. The molecule has 6 heteroatoms. The molecule has 0 fully saturated rings. The first-order valence-electron chi connectivity index (χ1n) is 6.73. The predicted octanol–water partition coefficient (Wildman–Crippen LogP) is 1.69. The van der Waals surface area contributed by atoms with Crippen molar-refractivity contribution in [2.75, 3.05) is 13.2 Å². The van der Waals surface area contributed by atoms with Crippen molar-refractivity contribution in [1.82, 2.24) is 5.32 Å². The van der Waals surface area contributed by atoms with E-state index >= 15 is 0 Å². The summed E-state index contributed by atoms with van der Waals surface area (Å²) in [6.45, 7) is 6.06. The van der Waals surface area contributed by atoms with E-state index in [1.165, 1.54) is 0 Å². The highest BCUT2D eigenvalue weighted by Gasteiger charge is 2.33. The molecule has 1 amide bonds. The first-order chi connectivity index (χ1) is 9.80. The van der Waals surface area contributed by atoms with Crippen molar-refractivity contribution in [1.29, 1.82) is 0 Å². The van der Waals surface area contributed by atoms with Crippen molar-refractivity contribution < 1.29 is 24.2 Å². The zero-order valence-electron chi connectivity index (χ0n) is 12.3. The second-order valence-electron chi connectivity index (χ2n) is 5.94. The third-order valence-corrected chi connectivity index (χ3v) is 3.20. The van der Waals surface area contributed by atoms with E-state index in [2.05, 4.69) is 5.32 Å². The van der Waals surface area contributed by atoms with Crippen molar-refractivity contribution in [2.24, 2.45) is 5.41 Å². The molecule has 1 heterocycles. The highest BCUT2D eigenvalue weighted by molar-refractivity contribution is 5.99. The van der Waals surface area contributed by atoms with Crippen LogP contribution in [0.15, 0.2) is 18.2 Å². The molecular weight excluding hydrogens is 274 g/mol. The van der Waals surface area contributed by atoms with Gasteiger partial charge in [-0.3, -0.25) is 4.79 Å². The minimum atomic E-state index is -1.07. The van der Waals surface area contributed by atoms with Crippen molar-refractivity contribution in [3.05, 3.63) is 23.8 Å². The largest absolute Gasteiger partial charge is 0.486 e. The van der Waals surface area contributed by atoms with E-state index in [9.17, 15) is 14.7 Å². The second-order valence-corrected chi connectivity index (χ2v) is 5.94. The Morgan fingerprint density at radius 2 is 1.90 bits per heavy atom. The number of fused-ring (bicyclic) bond motifs is 1. The van der Waals surface area contributed by atoms with Gasteiger partial charge in [0.1, 0.15) is 19.3 Å². The van der Waals surface area contributed by atoms with Crippen molar-refractivity contribution in [2.45, 2.75) is 26.8 Å². The number of ether oxygens (including phenoxy) is 2. The Bertz CT molecular complexity index is 562. The number of carboxylic acids is 1. The molecule has 21 heavy (non-hydrogen) atoms. The number of aliphatic carboxylic acids is 1. The van der Waals surface area contributed by atoms with Crippen LogP contribution in [0.3, 0.4) is 0 Å². The first-order valence-corrected chi connectivity index (χ1v) is 6.73. The number of nitrogens with one attached hydrogen (secondary N) is 1. The van der Waals surface area contributed by atoms with Gasteiger partial charge < -0.3 is 19.9 Å². The van der Waals surface area contributed by atoms with Crippen molar-refractivity contribution in [3.63, 3.8) is 0 Å². The minimum Gasteiger partial charge on any atom is -0.486 e. The normalized spacial score (nSPS) is 15.2. The summed E-state index contributed by atoms with van der Waals surface area (Å²) in [6.07, 6.45) is 0. The fraction of sp³-hybridized carbons (Fsp3) is 0.467. The lowest BCUT2D eigenvalue weighted by atomic mass is 9.86. The summed E-state index contributed by atoms with van der Waals surface area (Å²) in [6, 6.07) is 3.98. The third-order valence-electron chi connectivity index (χ3n) is 3.20. The summed E-state index contributed by atoms with van der Waals surface area (Å²) in [5.74, 6) is -0.701. The van der Waals surface area contributed by atoms with Gasteiger partial charge in [0, 0.05) is 0 Å². The number of carbonyl (C=O) groups is 2. The van der Waals surface area contributed by atoms with Crippen LogP contribution in [0.25, 0.3) is 0 Å². The smallest absolute Gasteiger partial charge is 0.326 e. The molecule has 0 aliphatic carbocycles. The molecule has 114 valence electrons. The van der Waals surface area contributed by atoms with Gasteiger partial charge in [0.15, 0.2) is 11.5 Å². The van der Waals surface area contributed by atoms with Crippen LogP contribution in [-0.4, -0.2) is 36.2 Å². The van der Waals surface area contributed by atoms with E-state index < -0.39 is 23.3 Å². The molecule has 0 saturated heterocycles. The molecule has 0 aromatic heterocycles. The summed E-state index contributed by atoms with van der Waals surface area (Å²) in [5.41, 5.74) is -0.323. The maximum atomic E-state index is 12.4. The first kappa shape index (κ1) is 15.2. The van der Waals surface area contributed by atoms with E-state index in [1.54, 1.807) is 39.0 Å². The average Bonchev–Trinajstić information content (AvgIpc) is 2.42. The maximum Gasteiger partial charge on any atom is 0.326 e. The lowest BCUT2D eigenvalue weighted by Gasteiger charge is -2.28. The van der Waals surface area contributed by atoms with Crippen LogP contribution in [0.2, 0.25) is 0 Å². The van der Waals surface area contributed by atoms with E-state index in [-0.39, 0.29) is 5.56 Å². The molecule has 1 unspecified atom stereocenters. The molecule has 1 aromatic carbocycles. The van der Waals surface area contributed by atoms with Crippen LogP contribution in [-0.2, 0) is 4.79 Å². The predicted molar refractivity (Wildman–Crippen MR) is 75.8 cm³/mol. The van der Waals surface area contributed by atoms with E-state index in [1.807, 2.05) is 0 Å². The number of hydrogen-bond acceptors (Lipinski definition) is 4. The lowest BCUT2D eigenvalue weighted by Crippen LogP contribution is -2.49. The molecule has 1 aromatic rings. The van der Waals surface area contributed by atoms with Gasteiger partial charge in [-0.05, 0) is 17.5 Å². The van der Waals surface area contributed by atoms with Gasteiger partial charge in [-0.2, -0.15) is 0 Å². The summed E-state index contributed by atoms with van der Waals surface area (Å²) >= 11 is 0. The van der Waals surface area contributed by atoms with Gasteiger partial charge in [0.2, 0.25) is 0 Å². The van der Waals surface area contributed by atoms with Crippen molar-refractivity contribution >= 4 is 11.9 Å². The summed E-state index contributed by atoms with van der Waals surface area (Å²) in [4.78, 5) is 23.7. The molecule has 2 N–H and O–H groups in total. The number of carbonyl (C=O) groups excluding carboxylic acids is 1. The van der Waals surface area contributed by atoms with E-state index in [0.717, 1.165) is 0 Å². The van der Waals surface area contributed by atoms with Crippen LogP contribution < -0.4 is 14.8 Å². The fourth-order valence-corrected chi connectivity index (χ4v) is 2.11. The van der Waals surface area contributed by atoms with Crippen LogP contribution in [0.4, 0.5) is 0 Å². The highest BCUT2D eigenvalue weighted by atomic mass is 16.6. The number of benzene rings is 1. The van der Waals surface area contributed by atoms with Gasteiger partial charge >= 0.3 is 5.97 Å². The van der Waals surface area contributed by atoms with Gasteiger partial charge in [0.05, 0.1) is 5.56 Å². The van der Waals surface area contributed by atoms with Crippen LogP contribution in [0.5, 0.6) is 11.5 Å². The summed E-state index contributed by atoms with van der Waals surface area (Å²) < 4.78 is 10.9. The molecule has 0 radical (unpaired) electrons. The standard InChI is InChI=1S/C15H19NO5/c1-15(2,3)12(14(18)19)16-13(17)9-5-4-6-10-11(9)21-8-7-20-10/h4-6,12H,7-8H2,1-3H3,(H,16,17)(H,18,19). The second kappa shape index (κ2) is 5.63. The summed E-state index contributed by atoms with van der Waals surface area (Å²) in [5, 5.41) is 11.8. The van der Waals surface area contributed by atoms with E-state index in [4.69, 9.17) is 9.47 Å². The molecule has 0 spiro atoms. The molecule has 1 aliphatic rings. The topological polar surface area (TPSA) is 84.9 Å². The summed E-state index contributed by atoms with van der Waals surface area (Å²) in [7, 11) is 0. The molecule has 6 nitrogen and oxygen atoms in total. The fourth-order valence-electron chi connectivity index (χ4n) is 2.11. The lowest BCUT2D eigenvalue weighted by molar-refractivity contribution is -0.142. The number of amides is 1. The van der Waals surface area contributed by atoms with Gasteiger partial charge in [-0.25, -0.2) is 4.79 Å². The Morgan fingerprint density at radius 1 is 1.24 bits per heavy atom. The zero-order chi connectivity index (χ0) is 15.6. The van der Waals surface area contributed by atoms with Crippen molar-refractivity contribution in [3.8, 4) is 11.5 Å². The van der Waals surface area contributed by atoms with Gasteiger partial charge in [-0.1, -0.05) is 26.8 Å². The number of rotatable bonds is 3. The Balaban J connectivity index is 2.26. The Hall–Kier alpha value is -2.24. The SMILES string of the molecule is CC(C)(C)C(NC(=O)c1cccc2c1OCCO2)C(=O)O. The maximum absolute atomic E-state index is 12.4. The quantitative estimate of drug-likeness (QED) is 0.885. The van der Waals surface area contributed by atoms with Gasteiger partial charge in [0.25, 0.3) is 5.91 Å². The Morgan fingerprint density at radius 3 is 2.52 bits per heavy atom. The highest BCUT2D eigenvalue weighted by Crippen LogP contribution is 2.33. The van der Waals surface area contributed by atoms with E-state index in [0.29, 0.717) is 24.7 Å². The molecule has 0 bridgehead atoms. The Labute approximate surface area is 123 Å². The van der Waals surface area contributed by atoms with Crippen LogP contribution in [0, 0.1) is 5.41 Å². The number of para-hydroxylation sites is 1. The molecule has 1 atom stereocenters. The van der Waals surface area contributed by atoms with Crippen LogP contribution >= 0.6 is 0 Å². The molecule has 1 aliphatic heterocycles.